The maximum atomic E-state index is 8.31. The first kappa shape index (κ1) is 7.62. The summed E-state index contributed by atoms with van der Waals surface area (Å²) in [6, 6.07) is 5.72. The van der Waals surface area contributed by atoms with Gasteiger partial charge in [0.1, 0.15) is 5.76 Å². The summed E-state index contributed by atoms with van der Waals surface area (Å²) in [6.45, 7) is 1.91. The Bertz CT molecular complexity index is 277. The van der Waals surface area contributed by atoms with E-state index in [0.29, 0.717) is 0 Å². The van der Waals surface area contributed by atoms with Gasteiger partial charge in [-0.2, -0.15) is 5.26 Å². The van der Waals surface area contributed by atoms with E-state index < -0.39 is 0 Å². The molecule has 0 unspecified atom stereocenters. The zero-order valence-electron chi connectivity index (χ0n) is 6.37. The zero-order chi connectivity index (χ0) is 8.10. The van der Waals surface area contributed by atoms with Crippen molar-refractivity contribution in [2.45, 2.75) is 13.3 Å². The molecule has 1 aromatic heterocycles. The molecule has 11 heavy (non-hydrogen) atoms. The molecular weight excluding hydrogens is 138 g/mol. The fourth-order valence-corrected chi connectivity index (χ4v) is 0.849. The molecule has 0 saturated carbocycles. The van der Waals surface area contributed by atoms with E-state index >= 15 is 0 Å². The molecule has 0 aliphatic carbocycles. The van der Waals surface area contributed by atoms with Crippen LogP contribution in [0.1, 0.15) is 12.7 Å². The molecule has 2 heteroatoms. The Morgan fingerprint density at radius 1 is 1.82 bits per heavy atom. The van der Waals surface area contributed by atoms with Crippen LogP contribution in [0.3, 0.4) is 0 Å². The maximum Gasteiger partial charge on any atom is 0.107 e. The standard InChI is InChI=1S/C9H9NO/c1-8(4-5-10)7-9-3-2-6-11-9/h2-4,6H,7H2,1H3/b8-4-. The van der Waals surface area contributed by atoms with Gasteiger partial charge in [-0.3, -0.25) is 0 Å². The van der Waals surface area contributed by atoms with Crippen molar-refractivity contribution in [3.05, 3.63) is 35.8 Å². The van der Waals surface area contributed by atoms with Gasteiger partial charge in [0, 0.05) is 12.5 Å². The Kier molecular flexibility index (Phi) is 2.51. The van der Waals surface area contributed by atoms with E-state index in [1.54, 1.807) is 6.26 Å². The number of hydrogen-bond donors (Lipinski definition) is 0. The van der Waals surface area contributed by atoms with E-state index in [0.717, 1.165) is 17.8 Å². The van der Waals surface area contributed by atoms with Crippen LogP contribution in [0.5, 0.6) is 0 Å². The molecule has 0 atom stereocenters. The molecule has 0 amide bonds. The summed E-state index contributed by atoms with van der Waals surface area (Å²) in [5, 5.41) is 8.31. The van der Waals surface area contributed by atoms with Gasteiger partial charge < -0.3 is 4.42 Å². The summed E-state index contributed by atoms with van der Waals surface area (Å²) < 4.78 is 5.10. The molecule has 0 aliphatic heterocycles. The second kappa shape index (κ2) is 3.62. The first-order valence-electron chi connectivity index (χ1n) is 3.40. The Hall–Kier alpha value is -1.49. The number of allylic oxidation sites excluding steroid dienone is 2. The third-order valence-electron chi connectivity index (χ3n) is 1.34. The topological polar surface area (TPSA) is 36.9 Å². The van der Waals surface area contributed by atoms with Crippen molar-refractivity contribution in [1.29, 1.82) is 5.26 Å². The zero-order valence-corrected chi connectivity index (χ0v) is 6.37. The van der Waals surface area contributed by atoms with E-state index in [1.807, 2.05) is 25.1 Å². The normalized spacial score (nSPS) is 11.1. The van der Waals surface area contributed by atoms with Crippen LogP contribution in [0.2, 0.25) is 0 Å². The highest BCUT2D eigenvalue weighted by Gasteiger charge is 1.95. The van der Waals surface area contributed by atoms with Crippen molar-refractivity contribution in [2.75, 3.05) is 0 Å². The predicted molar refractivity (Wildman–Crippen MR) is 41.8 cm³/mol. The van der Waals surface area contributed by atoms with Gasteiger partial charge in [0.15, 0.2) is 0 Å². The molecule has 0 aliphatic rings. The van der Waals surface area contributed by atoms with Gasteiger partial charge in [0.05, 0.1) is 12.3 Å². The second-order valence-electron chi connectivity index (χ2n) is 2.38. The first-order chi connectivity index (χ1) is 5.33. The lowest BCUT2D eigenvalue weighted by atomic mass is 10.2. The molecule has 0 N–H and O–H groups in total. The summed E-state index contributed by atoms with van der Waals surface area (Å²) >= 11 is 0. The van der Waals surface area contributed by atoms with Crippen molar-refractivity contribution in [2.24, 2.45) is 0 Å². The van der Waals surface area contributed by atoms with Crippen molar-refractivity contribution in [3.63, 3.8) is 0 Å². The summed E-state index contributed by atoms with van der Waals surface area (Å²) in [5.41, 5.74) is 1.02. The molecule has 0 spiro atoms. The van der Waals surface area contributed by atoms with Crippen LogP contribution in [-0.2, 0) is 6.42 Å². The van der Waals surface area contributed by atoms with E-state index in [4.69, 9.17) is 9.68 Å². The Morgan fingerprint density at radius 3 is 3.18 bits per heavy atom. The third-order valence-corrected chi connectivity index (χ3v) is 1.34. The van der Waals surface area contributed by atoms with Crippen molar-refractivity contribution < 1.29 is 4.42 Å². The Balaban J connectivity index is 2.58. The molecule has 0 bridgehead atoms. The highest BCUT2D eigenvalue weighted by atomic mass is 16.3. The van der Waals surface area contributed by atoms with E-state index in [-0.39, 0.29) is 0 Å². The fraction of sp³-hybridized carbons (Fsp3) is 0.222. The van der Waals surface area contributed by atoms with Crippen molar-refractivity contribution in [1.82, 2.24) is 0 Å². The van der Waals surface area contributed by atoms with Crippen LogP contribution in [0.25, 0.3) is 0 Å². The van der Waals surface area contributed by atoms with Crippen LogP contribution in [0.4, 0.5) is 0 Å². The van der Waals surface area contributed by atoms with Gasteiger partial charge in [-0.1, -0.05) is 5.57 Å². The molecule has 0 radical (unpaired) electrons. The quantitative estimate of drug-likeness (QED) is 0.602. The summed E-state index contributed by atoms with van der Waals surface area (Å²) in [7, 11) is 0. The van der Waals surface area contributed by atoms with Crippen LogP contribution in [0, 0.1) is 11.3 Å². The largest absolute Gasteiger partial charge is 0.469 e. The van der Waals surface area contributed by atoms with Crippen molar-refractivity contribution in [3.8, 4) is 6.07 Å². The minimum absolute atomic E-state index is 0.723. The van der Waals surface area contributed by atoms with E-state index in [2.05, 4.69) is 0 Å². The van der Waals surface area contributed by atoms with Gasteiger partial charge in [0.2, 0.25) is 0 Å². The molecule has 1 aromatic rings. The lowest BCUT2D eigenvalue weighted by Gasteiger charge is -1.92. The first-order valence-corrected chi connectivity index (χ1v) is 3.40. The summed E-state index contributed by atoms with van der Waals surface area (Å²) in [6.07, 6.45) is 3.89. The Labute approximate surface area is 65.8 Å². The molecule has 1 heterocycles. The number of hydrogen-bond acceptors (Lipinski definition) is 2. The number of furan rings is 1. The molecular formula is C9H9NO. The molecule has 0 fully saturated rings. The minimum atomic E-state index is 0.723. The van der Waals surface area contributed by atoms with E-state index in [9.17, 15) is 0 Å². The van der Waals surface area contributed by atoms with Crippen molar-refractivity contribution >= 4 is 0 Å². The number of nitrogens with zero attached hydrogens (tertiary/aromatic N) is 1. The summed E-state index contributed by atoms with van der Waals surface area (Å²) in [4.78, 5) is 0. The highest BCUT2D eigenvalue weighted by Crippen LogP contribution is 2.06. The van der Waals surface area contributed by atoms with Gasteiger partial charge in [-0.15, -0.1) is 0 Å². The van der Waals surface area contributed by atoms with Gasteiger partial charge in [-0.05, 0) is 19.1 Å². The number of nitriles is 1. The lowest BCUT2D eigenvalue weighted by Crippen LogP contribution is -1.81. The second-order valence-corrected chi connectivity index (χ2v) is 2.38. The average molecular weight is 147 g/mol. The molecule has 0 aromatic carbocycles. The van der Waals surface area contributed by atoms with E-state index in [1.165, 1.54) is 6.08 Å². The summed E-state index contributed by atoms with van der Waals surface area (Å²) in [5.74, 6) is 0.897. The molecule has 0 saturated heterocycles. The maximum absolute atomic E-state index is 8.31. The average Bonchev–Trinajstić information content (AvgIpc) is 2.40. The van der Waals surface area contributed by atoms with Gasteiger partial charge >= 0.3 is 0 Å². The van der Waals surface area contributed by atoms with Gasteiger partial charge in [-0.25, -0.2) is 0 Å². The SMILES string of the molecule is C/C(=C/C#N)Cc1ccco1. The molecule has 2 nitrogen and oxygen atoms in total. The lowest BCUT2D eigenvalue weighted by molar-refractivity contribution is 0.519. The molecule has 1 rings (SSSR count). The predicted octanol–water partition coefficient (Wildman–Crippen LogP) is 2.29. The van der Waals surface area contributed by atoms with Crippen LogP contribution >= 0.6 is 0 Å². The fourth-order valence-electron chi connectivity index (χ4n) is 0.849. The third kappa shape index (κ3) is 2.30. The monoisotopic (exact) mass is 147 g/mol. The van der Waals surface area contributed by atoms with Crippen LogP contribution in [0.15, 0.2) is 34.5 Å². The molecule has 56 valence electrons. The van der Waals surface area contributed by atoms with Crippen LogP contribution in [-0.4, -0.2) is 0 Å². The number of rotatable bonds is 2. The van der Waals surface area contributed by atoms with Gasteiger partial charge in [0.25, 0.3) is 0 Å². The van der Waals surface area contributed by atoms with Crippen LogP contribution < -0.4 is 0 Å². The Morgan fingerprint density at radius 2 is 2.64 bits per heavy atom. The smallest absolute Gasteiger partial charge is 0.107 e. The minimum Gasteiger partial charge on any atom is -0.469 e. The highest BCUT2D eigenvalue weighted by molar-refractivity contribution is 5.16.